The van der Waals surface area contributed by atoms with Crippen molar-refractivity contribution in [2.45, 2.75) is 64.1 Å². The summed E-state index contributed by atoms with van der Waals surface area (Å²) in [5.41, 5.74) is 5.69. The third-order valence-corrected chi connectivity index (χ3v) is 3.87. The fourth-order valence-electron chi connectivity index (χ4n) is 3.19. The van der Waals surface area contributed by atoms with E-state index in [0.717, 1.165) is 19.3 Å². The third kappa shape index (κ3) is 3.75. The van der Waals surface area contributed by atoms with Gasteiger partial charge in [-0.1, -0.05) is 0 Å². The summed E-state index contributed by atoms with van der Waals surface area (Å²) >= 11 is 0. The normalized spacial score (nSPS) is 34.7. The number of ether oxygens (including phenoxy) is 1. The molecule has 3 saturated carbocycles. The van der Waals surface area contributed by atoms with Crippen molar-refractivity contribution in [2.24, 2.45) is 17.6 Å². The van der Waals surface area contributed by atoms with Crippen LogP contribution in [0.3, 0.4) is 0 Å². The molecular weight excluding hydrogens is 252 g/mol. The van der Waals surface area contributed by atoms with Gasteiger partial charge in [-0.15, -0.1) is 12.4 Å². The molecule has 0 aliphatic heterocycles. The van der Waals surface area contributed by atoms with E-state index in [9.17, 15) is 4.79 Å². The predicted molar refractivity (Wildman–Crippen MR) is 73.8 cm³/mol. The van der Waals surface area contributed by atoms with Crippen LogP contribution in [0.25, 0.3) is 0 Å². The third-order valence-electron chi connectivity index (χ3n) is 3.87. The minimum atomic E-state index is -0.431. The summed E-state index contributed by atoms with van der Waals surface area (Å²) in [5.74, 6) is 1.13. The first-order chi connectivity index (χ1) is 7.85. The molecule has 0 aromatic rings. The van der Waals surface area contributed by atoms with Gasteiger partial charge in [0.25, 0.3) is 0 Å². The van der Waals surface area contributed by atoms with Crippen LogP contribution in [0.2, 0.25) is 0 Å². The van der Waals surface area contributed by atoms with E-state index in [1.54, 1.807) is 0 Å². The average molecular weight is 277 g/mol. The van der Waals surface area contributed by atoms with Crippen LogP contribution in [0.4, 0.5) is 4.79 Å². The van der Waals surface area contributed by atoms with Gasteiger partial charge >= 0.3 is 6.09 Å². The summed E-state index contributed by atoms with van der Waals surface area (Å²) < 4.78 is 5.29. The molecule has 0 saturated heterocycles. The Labute approximate surface area is 115 Å². The van der Waals surface area contributed by atoms with Crippen molar-refractivity contribution in [3.8, 4) is 0 Å². The lowest BCUT2D eigenvalue weighted by atomic mass is 9.65. The van der Waals surface area contributed by atoms with Gasteiger partial charge < -0.3 is 15.8 Å². The van der Waals surface area contributed by atoms with Crippen molar-refractivity contribution < 1.29 is 9.53 Å². The van der Waals surface area contributed by atoms with E-state index in [4.69, 9.17) is 10.5 Å². The number of hydrogen-bond acceptors (Lipinski definition) is 3. The maximum Gasteiger partial charge on any atom is 0.407 e. The Kier molecular flexibility index (Phi) is 4.90. The van der Waals surface area contributed by atoms with Crippen LogP contribution >= 0.6 is 12.4 Å². The highest BCUT2D eigenvalue weighted by Crippen LogP contribution is 2.40. The summed E-state index contributed by atoms with van der Waals surface area (Å²) in [5, 5.41) is 3.00. The highest BCUT2D eigenvalue weighted by atomic mass is 35.5. The quantitative estimate of drug-likeness (QED) is 0.773. The second-order valence-corrected chi connectivity index (χ2v) is 6.50. The highest BCUT2D eigenvalue weighted by molar-refractivity contribution is 5.85. The molecule has 5 heteroatoms. The van der Waals surface area contributed by atoms with E-state index in [1.807, 2.05) is 20.8 Å². The van der Waals surface area contributed by atoms with E-state index >= 15 is 0 Å². The molecule has 0 radical (unpaired) electrons. The van der Waals surface area contributed by atoms with E-state index in [1.165, 1.54) is 6.42 Å². The van der Waals surface area contributed by atoms with Crippen LogP contribution in [-0.2, 0) is 4.74 Å². The standard InChI is InChI=1S/C13H24N2O2.ClH/c1-13(2,3)17-12(16)15-11-7-8-4-5-9(11)10(14)6-8;/h8-11H,4-7,14H2,1-3H3,(H,15,16);1H. The van der Waals surface area contributed by atoms with E-state index in [-0.39, 0.29) is 30.6 Å². The number of amides is 1. The average Bonchev–Trinajstić information content (AvgIpc) is 2.14. The first-order valence-corrected chi connectivity index (χ1v) is 6.60. The number of nitrogens with one attached hydrogen (secondary N) is 1. The number of fused-ring (bicyclic) bond motifs is 3. The lowest BCUT2D eigenvalue weighted by molar-refractivity contribution is 0.0373. The maximum absolute atomic E-state index is 11.7. The predicted octanol–water partition coefficient (Wildman–Crippen LogP) is 2.45. The molecule has 3 N–H and O–H groups in total. The van der Waals surface area contributed by atoms with Gasteiger partial charge in [-0.25, -0.2) is 4.79 Å². The fourth-order valence-corrected chi connectivity index (χ4v) is 3.19. The molecule has 2 bridgehead atoms. The zero-order chi connectivity index (χ0) is 12.6. The molecule has 18 heavy (non-hydrogen) atoms. The molecule has 4 nitrogen and oxygen atoms in total. The second kappa shape index (κ2) is 5.66. The lowest BCUT2D eigenvalue weighted by Crippen LogP contribution is -2.56. The number of carbonyl (C=O) groups is 1. The molecule has 106 valence electrons. The largest absolute Gasteiger partial charge is 0.444 e. The van der Waals surface area contributed by atoms with Crippen molar-refractivity contribution in [2.75, 3.05) is 0 Å². The summed E-state index contributed by atoms with van der Waals surface area (Å²) in [6.45, 7) is 5.64. The molecule has 4 unspecified atom stereocenters. The van der Waals surface area contributed by atoms with Gasteiger partial charge in [0.1, 0.15) is 5.60 Å². The number of hydrogen-bond donors (Lipinski definition) is 2. The van der Waals surface area contributed by atoms with Crippen molar-refractivity contribution in [1.29, 1.82) is 0 Å². The van der Waals surface area contributed by atoms with Crippen molar-refractivity contribution in [1.82, 2.24) is 5.32 Å². The molecule has 0 spiro atoms. The van der Waals surface area contributed by atoms with Gasteiger partial charge in [-0.2, -0.15) is 0 Å². The van der Waals surface area contributed by atoms with Crippen LogP contribution in [0.5, 0.6) is 0 Å². The zero-order valence-corrected chi connectivity index (χ0v) is 12.3. The van der Waals surface area contributed by atoms with Crippen LogP contribution < -0.4 is 11.1 Å². The molecule has 3 rings (SSSR count). The molecule has 4 atom stereocenters. The number of nitrogens with two attached hydrogens (primary N) is 1. The molecule has 1 amide bonds. The number of alkyl carbamates (subject to hydrolysis) is 1. The molecular formula is C13H25ClN2O2. The van der Waals surface area contributed by atoms with E-state index in [0.29, 0.717) is 11.8 Å². The summed E-state index contributed by atoms with van der Waals surface area (Å²) in [6, 6.07) is 0.467. The first kappa shape index (κ1) is 15.6. The fraction of sp³-hybridized carbons (Fsp3) is 0.923. The van der Waals surface area contributed by atoms with E-state index < -0.39 is 5.60 Å². The van der Waals surface area contributed by atoms with Crippen LogP contribution in [-0.4, -0.2) is 23.8 Å². The number of halogens is 1. The van der Waals surface area contributed by atoms with Crippen LogP contribution in [0.1, 0.15) is 46.5 Å². The van der Waals surface area contributed by atoms with Crippen molar-refractivity contribution >= 4 is 18.5 Å². The topological polar surface area (TPSA) is 64.3 Å². The van der Waals surface area contributed by atoms with Crippen LogP contribution in [0.15, 0.2) is 0 Å². The molecule has 0 heterocycles. The Hall–Kier alpha value is -0.480. The zero-order valence-electron chi connectivity index (χ0n) is 11.4. The van der Waals surface area contributed by atoms with Gasteiger partial charge in [-0.3, -0.25) is 0 Å². The Balaban J connectivity index is 0.00000162. The lowest BCUT2D eigenvalue weighted by Gasteiger charge is -2.46. The summed E-state index contributed by atoms with van der Waals surface area (Å²) in [7, 11) is 0. The molecule has 0 aromatic heterocycles. The Bertz CT molecular complexity index is 304. The summed E-state index contributed by atoms with van der Waals surface area (Å²) in [4.78, 5) is 11.7. The van der Waals surface area contributed by atoms with Crippen molar-refractivity contribution in [3.05, 3.63) is 0 Å². The van der Waals surface area contributed by atoms with Gasteiger partial charge in [0.2, 0.25) is 0 Å². The monoisotopic (exact) mass is 276 g/mol. The van der Waals surface area contributed by atoms with Crippen LogP contribution in [0, 0.1) is 11.8 Å². The SMILES string of the molecule is CC(C)(C)OC(=O)NC1CC2CCC1C(N)C2.Cl. The van der Waals surface area contributed by atoms with Gasteiger partial charge in [0, 0.05) is 12.1 Å². The highest BCUT2D eigenvalue weighted by Gasteiger charge is 2.41. The van der Waals surface area contributed by atoms with Gasteiger partial charge in [0.15, 0.2) is 0 Å². The second-order valence-electron chi connectivity index (χ2n) is 6.50. The number of rotatable bonds is 1. The van der Waals surface area contributed by atoms with Crippen molar-refractivity contribution in [3.63, 3.8) is 0 Å². The first-order valence-electron chi connectivity index (χ1n) is 6.60. The Morgan fingerprint density at radius 2 is 1.94 bits per heavy atom. The molecule has 3 aliphatic rings. The van der Waals surface area contributed by atoms with Gasteiger partial charge in [0.05, 0.1) is 0 Å². The Morgan fingerprint density at radius 3 is 2.44 bits per heavy atom. The molecule has 0 aromatic carbocycles. The Morgan fingerprint density at radius 1 is 1.28 bits per heavy atom. The minimum Gasteiger partial charge on any atom is -0.444 e. The van der Waals surface area contributed by atoms with Gasteiger partial charge in [-0.05, 0) is 58.3 Å². The molecule has 3 fully saturated rings. The maximum atomic E-state index is 11.7. The molecule has 3 aliphatic carbocycles. The minimum absolute atomic E-state index is 0. The smallest absolute Gasteiger partial charge is 0.407 e. The van der Waals surface area contributed by atoms with E-state index in [2.05, 4.69) is 5.32 Å². The summed E-state index contributed by atoms with van der Waals surface area (Å²) in [6.07, 6.45) is 4.30. The number of carbonyl (C=O) groups excluding carboxylic acids is 1.